The summed E-state index contributed by atoms with van der Waals surface area (Å²) < 4.78 is 51.8. The number of piperidine rings is 1. The summed E-state index contributed by atoms with van der Waals surface area (Å²) in [6, 6.07) is 4.96. The van der Waals surface area contributed by atoms with Gasteiger partial charge in [-0.2, -0.15) is 13.2 Å². The molecule has 1 aliphatic rings. The molecule has 1 unspecified atom stereocenters. The molecule has 1 atom stereocenters. The van der Waals surface area contributed by atoms with E-state index < -0.39 is 17.9 Å². The Morgan fingerprint density at radius 3 is 2.53 bits per heavy atom. The summed E-state index contributed by atoms with van der Waals surface area (Å²) in [7, 11) is 0. The van der Waals surface area contributed by atoms with Gasteiger partial charge in [0.15, 0.2) is 0 Å². The highest BCUT2D eigenvalue weighted by molar-refractivity contribution is 5.26. The van der Waals surface area contributed by atoms with E-state index in [4.69, 9.17) is 0 Å². The van der Waals surface area contributed by atoms with Crippen molar-refractivity contribution in [2.24, 2.45) is 5.92 Å². The van der Waals surface area contributed by atoms with Crippen LogP contribution in [0, 0.1) is 5.92 Å². The molecule has 0 saturated carbocycles. The highest BCUT2D eigenvalue weighted by Crippen LogP contribution is 2.30. The van der Waals surface area contributed by atoms with Crippen LogP contribution < -0.4 is 5.32 Å². The first kappa shape index (κ1) is 14.3. The maximum absolute atomic E-state index is 14.1. The summed E-state index contributed by atoms with van der Waals surface area (Å²) in [5, 5.41) is 3.15. The molecule has 0 bridgehead atoms. The van der Waals surface area contributed by atoms with Gasteiger partial charge in [0.2, 0.25) is 0 Å². The molecule has 1 nitrogen and oxygen atoms in total. The first-order valence-corrected chi connectivity index (χ1v) is 6.48. The van der Waals surface area contributed by atoms with Crippen LogP contribution in [0.1, 0.15) is 24.0 Å². The van der Waals surface area contributed by atoms with Gasteiger partial charge in [0, 0.05) is 6.42 Å². The lowest BCUT2D eigenvalue weighted by Crippen LogP contribution is -2.33. The number of halogens is 4. The quantitative estimate of drug-likeness (QED) is 0.831. The zero-order valence-electron chi connectivity index (χ0n) is 10.5. The van der Waals surface area contributed by atoms with Gasteiger partial charge in [0.1, 0.15) is 6.17 Å². The fourth-order valence-corrected chi connectivity index (χ4v) is 2.47. The lowest BCUT2D eigenvalue weighted by atomic mass is 9.89. The monoisotopic (exact) mass is 275 g/mol. The van der Waals surface area contributed by atoms with Gasteiger partial charge < -0.3 is 5.32 Å². The summed E-state index contributed by atoms with van der Waals surface area (Å²) in [5.41, 5.74) is -0.289. The second-order valence-corrected chi connectivity index (χ2v) is 5.01. The lowest BCUT2D eigenvalue weighted by Gasteiger charge is -2.25. The Balaban J connectivity index is 2.02. The van der Waals surface area contributed by atoms with E-state index in [1.54, 1.807) is 6.07 Å². The molecule has 0 amide bonds. The second kappa shape index (κ2) is 5.90. The molecule has 106 valence electrons. The molecule has 1 saturated heterocycles. The third-order valence-electron chi connectivity index (χ3n) is 3.58. The van der Waals surface area contributed by atoms with E-state index in [1.165, 1.54) is 6.07 Å². The molecule has 2 rings (SSSR count). The molecule has 1 aromatic carbocycles. The van der Waals surface area contributed by atoms with Crippen LogP contribution in [0.2, 0.25) is 0 Å². The number of nitrogens with one attached hydrogen (secondary N) is 1. The van der Waals surface area contributed by atoms with Crippen LogP contribution in [-0.4, -0.2) is 19.3 Å². The van der Waals surface area contributed by atoms with Crippen molar-refractivity contribution in [2.45, 2.75) is 31.6 Å². The Morgan fingerprint density at radius 1 is 1.21 bits per heavy atom. The normalized spacial score (nSPS) is 19.4. The number of benzene rings is 1. The van der Waals surface area contributed by atoms with Crippen LogP contribution in [0.15, 0.2) is 24.3 Å². The average Bonchev–Trinajstić information content (AvgIpc) is 2.39. The fraction of sp³-hybridized carbons (Fsp3) is 0.571. The number of rotatable bonds is 3. The largest absolute Gasteiger partial charge is 0.416 e. The predicted octanol–water partition coefficient (Wildman–Crippen LogP) is 3.59. The molecule has 19 heavy (non-hydrogen) atoms. The van der Waals surface area contributed by atoms with Gasteiger partial charge in [-0.05, 0) is 43.5 Å². The van der Waals surface area contributed by atoms with Gasteiger partial charge in [-0.25, -0.2) is 4.39 Å². The molecule has 1 heterocycles. The van der Waals surface area contributed by atoms with Gasteiger partial charge in [-0.15, -0.1) is 0 Å². The standard InChI is InChI=1S/C14H17F4N/c15-13(11-4-6-19-7-5-11)9-10-2-1-3-12(8-10)14(16,17)18/h1-3,8,11,13,19H,4-7,9H2. The van der Waals surface area contributed by atoms with Crippen LogP contribution >= 0.6 is 0 Å². The Morgan fingerprint density at radius 2 is 1.89 bits per heavy atom. The van der Waals surface area contributed by atoms with Crippen LogP contribution in [-0.2, 0) is 12.6 Å². The van der Waals surface area contributed by atoms with E-state index in [2.05, 4.69) is 5.32 Å². The van der Waals surface area contributed by atoms with Crippen LogP contribution in [0.4, 0.5) is 17.6 Å². The number of hydrogen-bond acceptors (Lipinski definition) is 1. The van der Waals surface area contributed by atoms with Crippen LogP contribution in [0.25, 0.3) is 0 Å². The molecular weight excluding hydrogens is 258 g/mol. The minimum absolute atomic E-state index is 0.0456. The molecule has 0 spiro atoms. The highest BCUT2D eigenvalue weighted by Gasteiger charge is 2.31. The van der Waals surface area contributed by atoms with Gasteiger partial charge in [0.25, 0.3) is 0 Å². The van der Waals surface area contributed by atoms with Crippen molar-refractivity contribution in [1.29, 1.82) is 0 Å². The molecule has 0 radical (unpaired) electrons. The Bertz CT molecular complexity index is 410. The number of hydrogen-bond donors (Lipinski definition) is 1. The molecular formula is C14H17F4N. The zero-order chi connectivity index (χ0) is 13.9. The predicted molar refractivity (Wildman–Crippen MR) is 65.6 cm³/mol. The average molecular weight is 275 g/mol. The Kier molecular flexibility index (Phi) is 4.45. The number of alkyl halides is 4. The third-order valence-corrected chi connectivity index (χ3v) is 3.58. The minimum atomic E-state index is -4.36. The molecule has 1 aliphatic heterocycles. The van der Waals surface area contributed by atoms with E-state index in [0.717, 1.165) is 38.1 Å². The van der Waals surface area contributed by atoms with Crippen LogP contribution in [0.3, 0.4) is 0 Å². The van der Waals surface area contributed by atoms with Gasteiger partial charge >= 0.3 is 6.18 Å². The smallest absolute Gasteiger partial charge is 0.317 e. The van der Waals surface area contributed by atoms with Gasteiger partial charge in [-0.1, -0.05) is 18.2 Å². The third kappa shape index (κ3) is 3.93. The van der Waals surface area contributed by atoms with E-state index in [0.29, 0.717) is 5.56 Å². The first-order valence-electron chi connectivity index (χ1n) is 6.48. The van der Waals surface area contributed by atoms with Crippen LogP contribution in [0.5, 0.6) is 0 Å². The summed E-state index contributed by atoms with van der Waals surface area (Å²) in [6.45, 7) is 1.57. The Hall–Kier alpha value is -1.10. The van der Waals surface area contributed by atoms with Crippen molar-refractivity contribution in [2.75, 3.05) is 13.1 Å². The highest BCUT2D eigenvalue weighted by atomic mass is 19.4. The lowest BCUT2D eigenvalue weighted by molar-refractivity contribution is -0.137. The molecule has 0 aromatic heterocycles. The summed E-state index contributed by atoms with van der Waals surface area (Å²) in [6.07, 6.45) is -3.86. The van der Waals surface area contributed by atoms with Crippen molar-refractivity contribution in [3.8, 4) is 0 Å². The van der Waals surface area contributed by atoms with Crippen molar-refractivity contribution in [3.63, 3.8) is 0 Å². The summed E-state index contributed by atoms with van der Waals surface area (Å²) in [4.78, 5) is 0. The van der Waals surface area contributed by atoms with Crippen molar-refractivity contribution >= 4 is 0 Å². The maximum Gasteiger partial charge on any atom is 0.416 e. The van der Waals surface area contributed by atoms with E-state index in [1.807, 2.05) is 0 Å². The van der Waals surface area contributed by atoms with E-state index in [9.17, 15) is 17.6 Å². The van der Waals surface area contributed by atoms with Crippen molar-refractivity contribution < 1.29 is 17.6 Å². The first-order chi connectivity index (χ1) is 8.97. The van der Waals surface area contributed by atoms with Crippen molar-refractivity contribution in [1.82, 2.24) is 5.32 Å². The van der Waals surface area contributed by atoms with Gasteiger partial charge in [-0.3, -0.25) is 0 Å². The zero-order valence-corrected chi connectivity index (χ0v) is 10.5. The topological polar surface area (TPSA) is 12.0 Å². The summed E-state index contributed by atoms with van der Waals surface area (Å²) >= 11 is 0. The summed E-state index contributed by atoms with van der Waals surface area (Å²) in [5.74, 6) is -0.0456. The Labute approximate surface area is 110 Å². The minimum Gasteiger partial charge on any atom is -0.317 e. The van der Waals surface area contributed by atoms with Gasteiger partial charge in [0.05, 0.1) is 5.56 Å². The maximum atomic E-state index is 14.1. The fourth-order valence-electron chi connectivity index (χ4n) is 2.47. The molecule has 5 heteroatoms. The molecule has 1 fully saturated rings. The van der Waals surface area contributed by atoms with Crippen molar-refractivity contribution in [3.05, 3.63) is 35.4 Å². The molecule has 1 N–H and O–H groups in total. The van der Waals surface area contributed by atoms with E-state index >= 15 is 0 Å². The second-order valence-electron chi connectivity index (χ2n) is 5.01. The van der Waals surface area contributed by atoms with E-state index in [-0.39, 0.29) is 12.3 Å². The molecule has 1 aromatic rings. The molecule has 0 aliphatic carbocycles. The SMILES string of the molecule is FC(Cc1cccc(C(F)(F)F)c1)C1CCNCC1.